The first-order valence-electron chi connectivity index (χ1n) is 9.19. The first-order valence-corrected chi connectivity index (χ1v) is 11.9. The first kappa shape index (κ1) is 23.1. The predicted molar refractivity (Wildman–Crippen MR) is 124 cm³/mol. The molecule has 1 unspecified atom stereocenters. The second-order valence-corrected chi connectivity index (χ2v) is 10.7. The fourth-order valence-electron chi connectivity index (χ4n) is 2.64. The van der Waals surface area contributed by atoms with Crippen LogP contribution in [0.25, 0.3) is 11.3 Å². The summed E-state index contributed by atoms with van der Waals surface area (Å²) in [6.45, 7) is 1.71. The molecule has 31 heavy (non-hydrogen) atoms. The fraction of sp³-hybridized carbons (Fsp3) is 0.200. The van der Waals surface area contributed by atoms with Crippen molar-refractivity contribution in [2.45, 2.75) is 22.2 Å². The van der Waals surface area contributed by atoms with Crippen LogP contribution in [0, 0.1) is 0 Å². The molecule has 2 aromatic carbocycles. The summed E-state index contributed by atoms with van der Waals surface area (Å²) in [5, 5.41) is 2.73. The summed E-state index contributed by atoms with van der Waals surface area (Å²) in [5.74, 6) is 5.68. The third-order valence-corrected chi connectivity index (χ3v) is 7.75. The molecule has 0 aliphatic rings. The quantitative estimate of drug-likeness (QED) is 0.397. The molecule has 0 saturated carbocycles. The Morgan fingerprint density at radius 1 is 1.23 bits per heavy atom. The molecule has 0 saturated heterocycles. The number of nitrogens with two attached hydrogens (primary N) is 1. The van der Waals surface area contributed by atoms with E-state index in [0.29, 0.717) is 16.5 Å². The Labute approximate surface area is 190 Å². The number of nitrogens with zero attached hydrogens (tertiary/aromatic N) is 3. The van der Waals surface area contributed by atoms with Crippen LogP contribution >= 0.6 is 23.4 Å². The Bertz CT molecular complexity index is 1200. The molecular formula is C20H22ClN5O3S2. The number of thioether (sulfide) groups is 1. The molecular weight excluding hydrogens is 458 g/mol. The van der Waals surface area contributed by atoms with Crippen molar-refractivity contribution in [3.05, 3.63) is 59.8 Å². The standard InChI is InChI=1S/C20H22ClN5O3S2/c1-13(30-20-24-17(12-26(20)22)14-7-5-4-6-8-14)19(27)23-15-9-10-16(21)18(11-15)31(28,29)25(2)3/h4-13H,22H2,1-3H3,(H,23,27). The number of halogens is 1. The molecule has 0 fully saturated rings. The maximum atomic E-state index is 12.7. The van der Waals surface area contributed by atoms with E-state index in [-0.39, 0.29) is 15.8 Å². The molecule has 164 valence electrons. The minimum absolute atomic E-state index is 0.0766. The van der Waals surface area contributed by atoms with Gasteiger partial charge >= 0.3 is 0 Å². The number of hydrogen-bond acceptors (Lipinski definition) is 6. The van der Waals surface area contributed by atoms with Crippen molar-refractivity contribution >= 4 is 45.0 Å². The molecule has 8 nitrogen and oxygen atoms in total. The number of benzene rings is 2. The first-order chi connectivity index (χ1) is 14.6. The van der Waals surface area contributed by atoms with Gasteiger partial charge in [0.1, 0.15) is 4.90 Å². The van der Waals surface area contributed by atoms with E-state index in [4.69, 9.17) is 17.4 Å². The van der Waals surface area contributed by atoms with Gasteiger partial charge in [0.05, 0.1) is 22.2 Å². The molecule has 0 spiro atoms. The number of hydrogen-bond donors (Lipinski definition) is 2. The molecule has 11 heteroatoms. The van der Waals surface area contributed by atoms with Gasteiger partial charge in [0.2, 0.25) is 15.9 Å². The summed E-state index contributed by atoms with van der Waals surface area (Å²) in [4.78, 5) is 17.1. The van der Waals surface area contributed by atoms with E-state index in [1.165, 1.54) is 42.7 Å². The zero-order valence-corrected chi connectivity index (χ0v) is 19.5. The van der Waals surface area contributed by atoms with Gasteiger partial charge in [-0.1, -0.05) is 53.7 Å². The average molecular weight is 480 g/mol. The SMILES string of the molecule is CC(Sc1nc(-c2ccccc2)cn1N)C(=O)Nc1ccc(Cl)c(S(=O)(=O)N(C)C)c1. The van der Waals surface area contributed by atoms with Gasteiger partial charge < -0.3 is 11.2 Å². The van der Waals surface area contributed by atoms with Gasteiger partial charge in [0.25, 0.3) is 0 Å². The minimum Gasteiger partial charge on any atom is -0.337 e. The predicted octanol–water partition coefficient (Wildman–Crippen LogP) is 3.29. The average Bonchev–Trinajstić information content (AvgIpc) is 3.10. The van der Waals surface area contributed by atoms with Crippen molar-refractivity contribution in [3.63, 3.8) is 0 Å². The molecule has 1 aromatic heterocycles. The molecule has 0 radical (unpaired) electrons. The molecule has 1 amide bonds. The maximum Gasteiger partial charge on any atom is 0.244 e. The minimum atomic E-state index is -3.75. The van der Waals surface area contributed by atoms with Crippen LogP contribution in [0.2, 0.25) is 5.02 Å². The number of anilines is 1. The number of sulfonamides is 1. The Morgan fingerprint density at radius 2 is 1.90 bits per heavy atom. The number of carbonyl (C=O) groups excluding carboxylic acids is 1. The van der Waals surface area contributed by atoms with E-state index in [1.54, 1.807) is 19.2 Å². The van der Waals surface area contributed by atoms with Gasteiger partial charge in [-0.3, -0.25) is 4.79 Å². The summed E-state index contributed by atoms with van der Waals surface area (Å²) in [7, 11) is -0.927. The molecule has 1 atom stereocenters. The highest BCUT2D eigenvalue weighted by Crippen LogP contribution is 2.29. The van der Waals surface area contributed by atoms with Crippen LogP contribution in [0.1, 0.15) is 6.92 Å². The second-order valence-electron chi connectivity index (χ2n) is 6.86. The third-order valence-electron chi connectivity index (χ3n) is 4.38. The molecule has 3 N–H and O–H groups in total. The van der Waals surface area contributed by atoms with Crippen LogP contribution in [0.15, 0.2) is 64.8 Å². The number of rotatable bonds is 7. The zero-order valence-electron chi connectivity index (χ0n) is 17.1. The Balaban J connectivity index is 1.74. The molecule has 3 rings (SSSR count). The lowest BCUT2D eigenvalue weighted by molar-refractivity contribution is -0.115. The summed E-state index contributed by atoms with van der Waals surface area (Å²) >= 11 is 7.25. The highest BCUT2D eigenvalue weighted by Gasteiger charge is 2.23. The van der Waals surface area contributed by atoms with E-state index in [2.05, 4.69) is 10.3 Å². The van der Waals surface area contributed by atoms with E-state index in [0.717, 1.165) is 9.87 Å². The summed E-state index contributed by atoms with van der Waals surface area (Å²) in [6.07, 6.45) is 1.69. The van der Waals surface area contributed by atoms with Crippen molar-refractivity contribution in [2.24, 2.45) is 0 Å². The van der Waals surface area contributed by atoms with Crippen molar-refractivity contribution in [1.29, 1.82) is 0 Å². The number of carbonyl (C=O) groups is 1. The number of nitrogens with one attached hydrogen (secondary N) is 1. The monoisotopic (exact) mass is 479 g/mol. The Hall–Kier alpha value is -2.53. The van der Waals surface area contributed by atoms with Crippen molar-refractivity contribution in [2.75, 3.05) is 25.3 Å². The number of nitrogen functional groups attached to an aromatic ring is 1. The lowest BCUT2D eigenvalue weighted by Gasteiger charge is -2.15. The summed E-state index contributed by atoms with van der Waals surface area (Å²) in [6, 6.07) is 13.9. The maximum absolute atomic E-state index is 12.7. The Morgan fingerprint density at radius 3 is 2.55 bits per heavy atom. The van der Waals surface area contributed by atoms with Crippen LogP contribution in [0.5, 0.6) is 0 Å². The van der Waals surface area contributed by atoms with Crippen LogP contribution in [0.3, 0.4) is 0 Å². The third kappa shape index (κ3) is 5.21. The number of imidazole rings is 1. The van der Waals surface area contributed by atoms with E-state index in [1.807, 2.05) is 30.3 Å². The van der Waals surface area contributed by atoms with Gasteiger partial charge in [-0.25, -0.2) is 22.4 Å². The largest absolute Gasteiger partial charge is 0.337 e. The zero-order chi connectivity index (χ0) is 22.8. The van der Waals surface area contributed by atoms with E-state index in [9.17, 15) is 13.2 Å². The molecule has 0 aliphatic carbocycles. The van der Waals surface area contributed by atoms with E-state index < -0.39 is 15.3 Å². The van der Waals surface area contributed by atoms with Crippen molar-refractivity contribution in [3.8, 4) is 11.3 Å². The lowest BCUT2D eigenvalue weighted by atomic mass is 10.2. The van der Waals surface area contributed by atoms with Gasteiger partial charge in [-0.2, -0.15) is 0 Å². The van der Waals surface area contributed by atoms with Gasteiger partial charge in [-0.15, -0.1) is 0 Å². The van der Waals surface area contributed by atoms with Crippen LogP contribution in [0.4, 0.5) is 5.69 Å². The lowest BCUT2D eigenvalue weighted by Crippen LogP contribution is -2.25. The molecule has 0 aliphatic heterocycles. The van der Waals surface area contributed by atoms with Crippen molar-refractivity contribution < 1.29 is 13.2 Å². The highest BCUT2D eigenvalue weighted by atomic mass is 35.5. The fourth-order valence-corrected chi connectivity index (χ4v) is 4.84. The smallest absolute Gasteiger partial charge is 0.244 e. The number of aromatic nitrogens is 2. The molecule has 0 bridgehead atoms. The normalized spacial score (nSPS) is 12.7. The van der Waals surface area contributed by atoms with Crippen LogP contribution in [-0.2, 0) is 14.8 Å². The molecule has 1 heterocycles. The molecule has 3 aromatic rings. The second kappa shape index (κ2) is 9.31. The van der Waals surface area contributed by atoms with Crippen LogP contribution < -0.4 is 11.2 Å². The topological polar surface area (TPSA) is 110 Å². The van der Waals surface area contributed by atoms with Crippen LogP contribution in [-0.4, -0.2) is 47.6 Å². The van der Waals surface area contributed by atoms with Gasteiger partial charge in [0.15, 0.2) is 5.16 Å². The van der Waals surface area contributed by atoms with E-state index >= 15 is 0 Å². The number of amides is 1. The van der Waals surface area contributed by atoms with Crippen molar-refractivity contribution in [1.82, 2.24) is 14.0 Å². The summed E-state index contributed by atoms with van der Waals surface area (Å²) in [5.41, 5.74) is 1.94. The van der Waals surface area contributed by atoms with Gasteiger partial charge in [0, 0.05) is 25.3 Å². The highest BCUT2D eigenvalue weighted by molar-refractivity contribution is 8.00. The Kier molecular flexibility index (Phi) is 6.95. The summed E-state index contributed by atoms with van der Waals surface area (Å²) < 4.78 is 27.3. The van der Waals surface area contributed by atoms with Gasteiger partial charge in [-0.05, 0) is 25.1 Å².